The van der Waals surface area contributed by atoms with Gasteiger partial charge in [-0.3, -0.25) is 4.68 Å². The van der Waals surface area contributed by atoms with Crippen LogP contribution in [0.2, 0.25) is 0 Å². The lowest BCUT2D eigenvalue weighted by Crippen LogP contribution is -2.24. The molecular formula is C11H18N4. The Morgan fingerprint density at radius 3 is 2.93 bits per heavy atom. The average Bonchev–Trinajstić information content (AvgIpc) is 2.81. The van der Waals surface area contributed by atoms with Crippen LogP contribution in [-0.2, 0) is 13.5 Å². The highest BCUT2D eigenvalue weighted by Gasteiger charge is 2.29. The molecule has 1 saturated heterocycles. The van der Waals surface area contributed by atoms with E-state index in [4.69, 9.17) is 0 Å². The van der Waals surface area contributed by atoms with Crippen LogP contribution >= 0.6 is 0 Å². The molecule has 1 unspecified atom stereocenters. The van der Waals surface area contributed by atoms with Crippen LogP contribution in [0, 0.1) is 0 Å². The molecule has 1 saturated carbocycles. The van der Waals surface area contributed by atoms with Gasteiger partial charge in [0, 0.05) is 25.4 Å². The third-order valence-corrected chi connectivity index (χ3v) is 3.37. The van der Waals surface area contributed by atoms with Gasteiger partial charge in [-0.25, -0.2) is 4.98 Å². The molecule has 3 rings (SSSR count). The van der Waals surface area contributed by atoms with Crippen molar-refractivity contribution >= 4 is 0 Å². The molecule has 0 spiro atoms. The van der Waals surface area contributed by atoms with E-state index in [9.17, 15) is 0 Å². The maximum atomic E-state index is 4.65. The van der Waals surface area contributed by atoms with Crippen LogP contribution in [0.4, 0.5) is 0 Å². The monoisotopic (exact) mass is 206 g/mol. The quantitative estimate of drug-likeness (QED) is 0.802. The van der Waals surface area contributed by atoms with Gasteiger partial charge in [-0.15, -0.1) is 0 Å². The topological polar surface area (TPSA) is 42.7 Å². The summed E-state index contributed by atoms with van der Waals surface area (Å²) < 4.78 is 1.97. The number of nitrogens with zero attached hydrogens (tertiary/aromatic N) is 3. The van der Waals surface area contributed by atoms with Gasteiger partial charge in [0.2, 0.25) is 0 Å². The Bertz CT molecular complexity index is 347. The van der Waals surface area contributed by atoms with Crippen molar-refractivity contribution in [1.82, 2.24) is 20.1 Å². The molecule has 1 aliphatic carbocycles. The summed E-state index contributed by atoms with van der Waals surface area (Å²) in [5.41, 5.74) is 0. The first-order valence-corrected chi connectivity index (χ1v) is 5.96. The molecule has 0 amide bonds. The van der Waals surface area contributed by atoms with Crippen LogP contribution in [0.25, 0.3) is 0 Å². The van der Waals surface area contributed by atoms with E-state index in [-0.39, 0.29) is 0 Å². The molecule has 1 atom stereocenters. The molecule has 1 aliphatic heterocycles. The summed E-state index contributed by atoms with van der Waals surface area (Å²) in [4.78, 5) is 4.65. The normalized spacial score (nSPS) is 26.1. The molecule has 2 heterocycles. The van der Waals surface area contributed by atoms with Gasteiger partial charge in [0.15, 0.2) is 5.82 Å². The number of aryl methyl sites for hydroxylation is 1. The average molecular weight is 206 g/mol. The Hall–Kier alpha value is -0.900. The van der Waals surface area contributed by atoms with Gasteiger partial charge in [0.25, 0.3) is 0 Å². The van der Waals surface area contributed by atoms with Crippen molar-refractivity contribution in [3.63, 3.8) is 0 Å². The number of hydrogen-bond donors (Lipinski definition) is 1. The van der Waals surface area contributed by atoms with E-state index in [1.54, 1.807) is 0 Å². The second-order valence-electron chi connectivity index (χ2n) is 4.78. The molecule has 4 nitrogen and oxygen atoms in total. The van der Waals surface area contributed by atoms with Gasteiger partial charge in [0.1, 0.15) is 5.82 Å². The smallest absolute Gasteiger partial charge is 0.152 e. The van der Waals surface area contributed by atoms with Crippen LogP contribution in [0.15, 0.2) is 0 Å². The number of rotatable bonds is 3. The fraction of sp³-hybridized carbons (Fsp3) is 0.818. The summed E-state index contributed by atoms with van der Waals surface area (Å²) in [5.74, 6) is 2.93. The largest absolute Gasteiger partial charge is 0.314 e. The van der Waals surface area contributed by atoms with E-state index in [2.05, 4.69) is 15.4 Å². The van der Waals surface area contributed by atoms with E-state index in [0.29, 0.717) is 12.0 Å². The van der Waals surface area contributed by atoms with Crippen molar-refractivity contribution in [2.45, 2.75) is 44.1 Å². The van der Waals surface area contributed by atoms with Crippen LogP contribution in [0.1, 0.15) is 43.3 Å². The minimum Gasteiger partial charge on any atom is -0.314 e. The van der Waals surface area contributed by atoms with Crippen LogP contribution in [0.3, 0.4) is 0 Å². The minimum absolute atomic E-state index is 0.611. The second kappa shape index (κ2) is 3.59. The van der Waals surface area contributed by atoms with Crippen molar-refractivity contribution in [2.75, 3.05) is 6.54 Å². The third-order valence-electron chi connectivity index (χ3n) is 3.37. The zero-order chi connectivity index (χ0) is 10.3. The first-order valence-electron chi connectivity index (χ1n) is 5.96. The first-order chi connectivity index (χ1) is 7.33. The lowest BCUT2D eigenvalue weighted by molar-refractivity contribution is 0.581. The highest BCUT2D eigenvalue weighted by atomic mass is 15.3. The van der Waals surface area contributed by atoms with Gasteiger partial charge in [-0.2, -0.15) is 5.10 Å². The van der Waals surface area contributed by atoms with Crippen molar-refractivity contribution in [2.24, 2.45) is 7.05 Å². The predicted molar refractivity (Wildman–Crippen MR) is 57.7 cm³/mol. The molecule has 1 N–H and O–H groups in total. The Balaban J connectivity index is 1.71. The fourth-order valence-corrected chi connectivity index (χ4v) is 2.39. The molecule has 0 radical (unpaired) electrons. The lowest BCUT2D eigenvalue weighted by Gasteiger charge is -2.05. The van der Waals surface area contributed by atoms with E-state index >= 15 is 0 Å². The first kappa shape index (κ1) is 9.33. The highest BCUT2D eigenvalue weighted by molar-refractivity contribution is 5.07. The SMILES string of the molecule is Cn1nc(CC2CCCN2)nc1C1CC1. The highest BCUT2D eigenvalue weighted by Crippen LogP contribution is 2.38. The van der Waals surface area contributed by atoms with Gasteiger partial charge in [-0.1, -0.05) is 0 Å². The molecule has 2 aliphatic rings. The van der Waals surface area contributed by atoms with Crippen molar-refractivity contribution in [3.8, 4) is 0 Å². The minimum atomic E-state index is 0.611. The molecule has 1 aromatic heterocycles. The maximum absolute atomic E-state index is 4.65. The number of aromatic nitrogens is 3. The van der Waals surface area contributed by atoms with Crippen molar-refractivity contribution < 1.29 is 0 Å². The zero-order valence-corrected chi connectivity index (χ0v) is 9.24. The van der Waals surface area contributed by atoms with Gasteiger partial charge >= 0.3 is 0 Å². The van der Waals surface area contributed by atoms with Crippen molar-refractivity contribution in [3.05, 3.63) is 11.6 Å². The van der Waals surface area contributed by atoms with Crippen LogP contribution < -0.4 is 5.32 Å². The van der Waals surface area contributed by atoms with Gasteiger partial charge < -0.3 is 5.32 Å². The molecule has 4 heteroatoms. The van der Waals surface area contributed by atoms with Gasteiger partial charge in [-0.05, 0) is 32.2 Å². The number of nitrogens with one attached hydrogen (secondary N) is 1. The molecule has 2 fully saturated rings. The Labute approximate surface area is 90.1 Å². The van der Waals surface area contributed by atoms with E-state index in [1.807, 2.05) is 11.7 Å². The maximum Gasteiger partial charge on any atom is 0.152 e. The van der Waals surface area contributed by atoms with Crippen molar-refractivity contribution in [1.29, 1.82) is 0 Å². The Kier molecular flexibility index (Phi) is 2.24. The Morgan fingerprint density at radius 2 is 2.27 bits per heavy atom. The lowest BCUT2D eigenvalue weighted by atomic mass is 10.1. The standard InChI is InChI=1S/C11H18N4/c1-15-11(8-4-5-8)13-10(14-15)7-9-3-2-6-12-9/h8-9,12H,2-7H2,1H3. The summed E-state index contributed by atoms with van der Waals surface area (Å²) in [5, 5.41) is 7.99. The molecule has 0 bridgehead atoms. The molecule has 0 aromatic carbocycles. The zero-order valence-electron chi connectivity index (χ0n) is 9.24. The van der Waals surface area contributed by atoms with E-state index in [0.717, 1.165) is 18.8 Å². The third kappa shape index (κ3) is 1.91. The molecule has 15 heavy (non-hydrogen) atoms. The number of hydrogen-bond acceptors (Lipinski definition) is 3. The summed E-state index contributed by atoms with van der Waals surface area (Å²) >= 11 is 0. The molecular weight excluding hydrogens is 188 g/mol. The van der Waals surface area contributed by atoms with Crippen LogP contribution in [-0.4, -0.2) is 27.4 Å². The van der Waals surface area contributed by atoms with E-state index < -0.39 is 0 Å². The van der Waals surface area contributed by atoms with E-state index in [1.165, 1.54) is 31.5 Å². The summed E-state index contributed by atoms with van der Waals surface area (Å²) in [6.07, 6.45) is 6.17. The van der Waals surface area contributed by atoms with Gasteiger partial charge in [0.05, 0.1) is 0 Å². The van der Waals surface area contributed by atoms with Crippen LogP contribution in [0.5, 0.6) is 0 Å². The fourth-order valence-electron chi connectivity index (χ4n) is 2.39. The summed E-state index contributed by atoms with van der Waals surface area (Å²) in [6.45, 7) is 1.16. The molecule has 1 aromatic rings. The predicted octanol–water partition coefficient (Wildman–Crippen LogP) is 0.987. The summed E-state index contributed by atoms with van der Waals surface area (Å²) in [7, 11) is 2.02. The Morgan fingerprint density at radius 1 is 1.40 bits per heavy atom. The second-order valence-corrected chi connectivity index (χ2v) is 4.78. The molecule has 82 valence electrons. The summed E-state index contributed by atoms with van der Waals surface area (Å²) in [6, 6.07) is 0.611.